The molecule has 1 atom stereocenters. The van der Waals surface area contributed by atoms with Gasteiger partial charge in [0.05, 0.1) is 21.9 Å². The molecule has 7 heteroatoms. The summed E-state index contributed by atoms with van der Waals surface area (Å²) >= 11 is 14.2. The van der Waals surface area contributed by atoms with E-state index in [-0.39, 0.29) is 6.04 Å². The van der Waals surface area contributed by atoms with Crippen LogP contribution in [0.15, 0.2) is 12.3 Å². The Balaban J connectivity index is 1.71. The van der Waals surface area contributed by atoms with Crippen molar-refractivity contribution in [1.82, 2.24) is 9.78 Å². The van der Waals surface area contributed by atoms with Crippen molar-refractivity contribution in [3.05, 3.63) is 21.6 Å². The predicted octanol–water partition coefficient (Wildman–Crippen LogP) is 5.17. The maximum Gasteiger partial charge on any atom is 0.104 e. The number of hydrogen-bond donors (Lipinski definition) is 2. The average molecular weight is 387 g/mol. The fourth-order valence-electron chi connectivity index (χ4n) is 3.56. The van der Waals surface area contributed by atoms with Gasteiger partial charge in [0.1, 0.15) is 4.34 Å². The molecular formula is C17H24Cl2N4S. The number of rotatable bonds is 6. The molecule has 0 bridgehead atoms. The summed E-state index contributed by atoms with van der Waals surface area (Å²) in [4.78, 5) is 0. The number of halogens is 2. The Bertz CT molecular complexity index is 657. The lowest BCUT2D eigenvalue weighted by atomic mass is 9.85. The molecule has 0 aromatic carbocycles. The normalized spacial score (nSPS) is 17.2. The highest BCUT2D eigenvalue weighted by Crippen LogP contribution is 2.41. The van der Waals surface area contributed by atoms with Gasteiger partial charge in [0.25, 0.3) is 0 Å². The maximum absolute atomic E-state index is 6.45. The Morgan fingerprint density at radius 2 is 2.12 bits per heavy atom. The van der Waals surface area contributed by atoms with Gasteiger partial charge in [-0.1, -0.05) is 55.3 Å². The Hall–Kier alpha value is -0.750. The molecule has 4 nitrogen and oxygen atoms in total. The minimum Gasteiger partial charge on any atom is -0.373 e. The molecule has 1 aliphatic carbocycles. The Kier molecular flexibility index (Phi) is 6.08. The molecule has 0 saturated heterocycles. The molecule has 0 aliphatic heterocycles. The molecule has 24 heavy (non-hydrogen) atoms. The van der Waals surface area contributed by atoms with Gasteiger partial charge < -0.3 is 11.1 Å². The number of thiophene rings is 1. The van der Waals surface area contributed by atoms with Gasteiger partial charge in [-0.3, -0.25) is 4.68 Å². The molecule has 3 N–H and O–H groups in total. The minimum absolute atomic E-state index is 0.290. The minimum atomic E-state index is 0.290. The van der Waals surface area contributed by atoms with Crippen LogP contribution in [-0.2, 0) is 7.05 Å². The quantitative estimate of drug-likeness (QED) is 0.719. The van der Waals surface area contributed by atoms with Gasteiger partial charge in [-0.2, -0.15) is 5.10 Å². The van der Waals surface area contributed by atoms with Crippen LogP contribution in [0.25, 0.3) is 11.3 Å². The van der Waals surface area contributed by atoms with Crippen molar-refractivity contribution in [3.8, 4) is 11.3 Å². The van der Waals surface area contributed by atoms with Gasteiger partial charge in [-0.25, -0.2) is 0 Å². The molecule has 0 spiro atoms. The second kappa shape index (κ2) is 8.09. The molecule has 0 unspecified atom stereocenters. The first-order valence-corrected chi connectivity index (χ1v) is 10.1. The second-order valence-electron chi connectivity index (χ2n) is 6.58. The zero-order valence-electron chi connectivity index (χ0n) is 13.9. The number of nitrogens with two attached hydrogens (primary N) is 1. The monoisotopic (exact) mass is 386 g/mol. The fraction of sp³-hybridized carbons (Fsp3) is 0.588. The van der Waals surface area contributed by atoms with Crippen molar-refractivity contribution in [2.75, 3.05) is 11.9 Å². The summed E-state index contributed by atoms with van der Waals surface area (Å²) in [6.07, 6.45) is 9.54. The predicted molar refractivity (Wildman–Crippen MR) is 104 cm³/mol. The smallest absolute Gasteiger partial charge is 0.104 e. The van der Waals surface area contributed by atoms with Crippen molar-refractivity contribution >= 4 is 39.5 Å². The largest absolute Gasteiger partial charge is 0.373 e. The summed E-state index contributed by atoms with van der Waals surface area (Å²) in [6, 6.07) is 2.34. The fourth-order valence-corrected chi connectivity index (χ4v) is 5.08. The highest BCUT2D eigenvalue weighted by Gasteiger charge is 2.20. The summed E-state index contributed by atoms with van der Waals surface area (Å²) < 4.78 is 2.47. The molecule has 2 aromatic rings. The lowest BCUT2D eigenvalue weighted by Gasteiger charge is -2.26. The molecule has 1 fully saturated rings. The van der Waals surface area contributed by atoms with Crippen LogP contribution < -0.4 is 11.1 Å². The Labute approximate surface area is 157 Å². The Morgan fingerprint density at radius 3 is 2.75 bits per heavy atom. The molecular weight excluding hydrogens is 363 g/mol. The van der Waals surface area contributed by atoms with E-state index in [1.54, 1.807) is 10.9 Å². The van der Waals surface area contributed by atoms with Gasteiger partial charge in [0.15, 0.2) is 0 Å². The van der Waals surface area contributed by atoms with Crippen LogP contribution in [0.5, 0.6) is 0 Å². The highest BCUT2D eigenvalue weighted by molar-refractivity contribution is 7.20. The van der Waals surface area contributed by atoms with Crippen molar-refractivity contribution < 1.29 is 0 Å². The van der Waals surface area contributed by atoms with Crippen LogP contribution >= 0.6 is 34.5 Å². The molecule has 0 amide bonds. The first-order valence-electron chi connectivity index (χ1n) is 8.52. The molecule has 132 valence electrons. The van der Waals surface area contributed by atoms with Gasteiger partial charge in [0.2, 0.25) is 0 Å². The van der Waals surface area contributed by atoms with Crippen molar-refractivity contribution in [1.29, 1.82) is 0 Å². The van der Waals surface area contributed by atoms with Crippen LogP contribution in [-0.4, -0.2) is 22.4 Å². The van der Waals surface area contributed by atoms with Crippen LogP contribution in [0.4, 0.5) is 5.00 Å². The van der Waals surface area contributed by atoms with E-state index < -0.39 is 0 Å². The molecule has 1 aliphatic rings. The maximum atomic E-state index is 6.45. The van der Waals surface area contributed by atoms with Crippen molar-refractivity contribution in [3.63, 3.8) is 0 Å². The van der Waals surface area contributed by atoms with Gasteiger partial charge in [0, 0.05) is 25.2 Å². The van der Waals surface area contributed by atoms with E-state index >= 15 is 0 Å². The third-order valence-electron chi connectivity index (χ3n) is 4.81. The van der Waals surface area contributed by atoms with E-state index in [2.05, 4.69) is 16.5 Å². The van der Waals surface area contributed by atoms with Crippen molar-refractivity contribution in [2.45, 2.75) is 44.6 Å². The van der Waals surface area contributed by atoms with E-state index in [0.29, 0.717) is 11.6 Å². The first kappa shape index (κ1) is 18.1. The zero-order valence-corrected chi connectivity index (χ0v) is 16.2. The van der Waals surface area contributed by atoms with E-state index in [1.807, 2.05) is 7.05 Å². The van der Waals surface area contributed by atoms with Gasteiger partial charge in [-0.05, 0) is 18.4 Å². The summed E-state index contributed by atoms with van der Waals surface area (Å²) in [5.41, 5.74) is 7.77. The van der Waals surface area contributed by atoms with E-state index in [4.69, 9.17) is 28.9 Å². The molecule has 3 rings (SSSR count). The number of aryl methyl sites for hydroxylation is 1. The molecule has 2 aromatic heterocycles. The first-order chi connectivity index (χ1) is 11.6. The number of hydrogen-bond acceptors (Lipinski definition) is 4. The standard InChI is InChI=1S/C17H24Cl2N4S/c1-23-16(14(18)10-21-23)13-8-15(24-17(13)19)22-12(9-20)7-11-5-3-2-4-6-11/h8,10-12,22H,2-7,9,20H2,1H3/t12-/m0/s1. The number of nitrogens with one attached hydrogen (secondary N) is 1. The lowest BCUT2D eigenvalue weighted by Crippen LogP contribution is -2.31. The van der Waals surface area contributed by atoms with Crippen LogP contribution in [0.3, 0.4) is 0 Å². The topological polar surface area (TPSA) is 55.9 Å². The van der Waals surface area contributed by atoms with E-state index in [0.717, 1.165) is 32.9 Å². The summed E-state index contributed by atoms with van der Waals surface area (Å²) in [5.74, 6) is 0.793. The second-order valence-corrected chi connectivity index (χ2v) is 8.64. The SMILES string of the molecule is Cn1ncc(Cl)c1-c1cc(N[C@H](CN)CC2CCCCC2)sc1Cl. The van der Waals surface area contributed by atoms with Crippen LogP contribution in [0, 0.1) is 5.92 Å². The third-order valence-corrected chi connectivity index (χ3v) is 6.38. The number of aromatic nitrogens is 2. The average Bonchev–Trinajstić information content (AvgIpc) is 3.09. The number of anilines is 1. The van der Waals surface area contributed by atoms with Crippen molar-refractivity contribution in [2.24, 2.45) is 18.7 Å². The van der Waals surface area contributed by atoms with Gasteiger partial charge >= 0.3 is 0 Å². The van der Waals surface area contributed by atoms with Crippen LogP contribution in [0.1, 0.15) is 38.5 Å². The Morgan fingerprint density at radius 1 is 1.38 bits per heavy atom. The molecule has 1 saturated carbocycles. The number of nitrogens with zero attached hydrogens (tertiary/aromatic N) is 2. The summed E-state index contributed by atoms with van der Waals surface area (Å²) in [5, 5.41) is 9.41. The van der Waals surface area contributed by atoms with E-state index in [1.165, 1.54) is 43.4 Å². The van der Waals surface area contributed by atoms with Gasteiger partial charge in [-0.15, -0.1) is 11.3 Å². The highest BCUT2D eigenvalue weighted by atomic mass is 35.5. The molecule has 0 radical (unpaired) electrons. The third kappa shape index (κ3) is 4.07. The van der Waals surface area contributed by atoms with Crippen LogP contribution in [0.2, 0.25) is 9.36 Å². The summed E-state index contributed by atoms with van der Waals surface area (Å²) in [6.45, 7) is 0.633. The van der Waals surface area contributed by atoms with E-state index in [9.17, 15) is 0 Å². The lowest BCUT2D eigenvalue weighted by molar-refractivity contribution is 0.325. The summed E-state index contributed by atoms with van der Waals surface area (Å²) in [7, 11) is 1.87. The molecule has 2 heterocycles. The zero-order chi connectivity index (χ0) is 17.1.